The van der Waals surface area contributed by atoms with Crippen molar-refractivity contribution in [3.63, 3.8) is 0 Å². The van der Waals surface area contributed by atoms with Crippen molar-refractivity contribution in [2.24, 2.45) is 0 Å². The van der Waals surface area contributed by atoms with Gasteiger partial charge in [-0.05, 0) is 18.2 Å². The summed E-state index contributed by atoms with van der Waals surface area (Å²) in [4.78, 5) is 6.45. The summed E-state index contributed by atoms with van der Waals surface area (Å²) in [6.45, 7) is 0. The normalized spacial score (nSPS) is 11.0. The van der Waals surface area contributed by atoms with Crippen LogP contribution in [0.25, 0.3) is 0 Å². The van der Waals surface area contributed by atoms with Gasteiger partial charge in [-0.15, -0.1) is 0 Å². The quantitative estimate of drug-likeness (QED) is 0.887. The predicted molar refractivity (Wildman–Crippen MR) is 70.9 cm³/mol. The molecule has 0 aliphatic heterocycles. The van der Waals surface area contributed by atoms with E-state index in [2.05, 4.69) is 15.3 Å². The van der Waals surface area contributed by atoms with Crippen LogP contribution in [0.15, 0.2) is 24.3 Å². The topological polar surface area (TPSA) is 87.6 Å². The maximum absolute atomic E-state index is 12.6. The molecular formula is C12H7ClF3N5. The Labute approximate surface area is 122 Å². The molecule has 0 saturated carbocycles. The number of nitrogens with zero attached hydrogens (tertiary/aromatic N) is 3. The van der Waals surface area contributed by atoms with Crippen molar-refractivity contribution in [2.75, 3.05) is 11.1 Å². The molecule has 1 heterocycles. The third-order valence-corrected chi connectivity index (χ3v) is 2.69. The molecule has 0 fully saturated rings. The number of nitriles is 1. The molecular weight excluding hydrogens is 307 g/mol. The van der Waals surface area contributed by atoms with Crippen LogP contribution in [0.4, 0.5) is 30.5 Å². The van der Waals surface area contributed by atoms with Gasteiger partial charge in [0.25, 0.3) is 0 Å². The number of rotatable bonds is 2. The zero-order valence-electron chi connectivity index (χ0n) is 10.2. The number of nitrogen functional groups attached to an aromatic ring is 1. The van der Waals surface area contributed by atoms with E-state index in [1.54, 1.807) is 0 Å². The van der Waals surface area contributed by atoms with Gasteiger partial charge in [-0.2, -0.15) is 18.4 Å². The molecule has 0 bridgehead atoms. The molecule has 0 amide bonds. The van der Waals surface area contributed by atoms with Crippen LogP contribution in [-0.4, -0.2) is 9.97 Å². The van der Waals surface area contributed by atoms with Gasteiger partial charge in [-0.3, -0.25) is 0 Å². The third-order valence-electron chi connectivity index (χ3n) is 2.36. The second-order valence-electron chi connectivity index (χ2n) is 3.93. The molecule has 0 saturated heterocycles. The Bertz CT molecular complexity index is 724. The van der Waals surface area contributed by atoms with Crippen LogP contribution in [0, 0.1) is 11.3 Å². The Kier molecular flexibility index (Phi) is 3.86. The van der Waals surface area contributed by atoms with Crippen molar-refractivity contribution in [1.82, 2.24) is 9.97 Å². The Morgan fingerprint density at radius 3 is 2.57 bits per heavy atom. The maximum Gasteiger partial charge on any atom is 0.451 e. The summed E-state index contributed by atoms with van der Waals surface area (Å²) < 4.78 is 37.8. The van der Waals surface area contributed by atoms with E-state index in [-0.39, 0.29) is 22.3 Å². The van der Waals surface area contributed by atoms with Gasteiger partial charge in [0.2, 0.25) is 5.82 Å². The lowest BCUT2D eigenvalue weighted by atomic mass is 10.2. The largest absolute Gasteiger partial charge is 0.451 e. The minimum atomic E-state index is -4.72. The maximum atomic E-state index is 12.6. The van der Waals surface area contributed by atoms with Gasteiger partial charge in [-0.25, -0.2) is 9.97 Å². The summed E-state index contributed by atoms with van der Waals surface area (Å²) in [6.07, 6.45) is -4.72. The molecule has 0 aliphatic carbocycles. The van der Waals surface area contributed by atoms with Gasteiger partial charge in [0.15, 0.2) is 0 Å². The number of nitrogens with one attached hydrogen (secondary N) is 1. The standard InChI is InChI=1S/C12H7ClF3N5/c13-7-2-1-6(5-17)3-8(7)19-10-4-9(18)20-11(21-10)12(14,15)16/h1-4H,(H3,18,19,20,21). The Morgan fingerprint density at radius 2 is 1.95 bits per heavy atom. The van der Waals surface area contributed by atoms with Gasteiger partial charge < -0.3 is 11.1 Å². The first-order chi connectivity index (χ1) is 9.79. The van der Waals surface area contributed by atoms with Crippen molar-refractivity contribution in [3.05, 3.63) is 40.7 Å². The second kappa shape index (κ2) is 5.46. The Hall–Kier alpha value is -2.53. The number of anilines is 3. The molecule has 0 unspecified atom stereocenters. The molecule has 1 aromatic heterocycles. The molecule has 1 aromatic carbocycles. The lowest BCUT2D eigenvalue weighted by Gasteiger charge is -2.11. The van der Waals surface area contributed by atoms with Gasteiger partial charge >= 0.3 is 6.18 Å². The fourth-order valence-electron chi connectivity index (χ4n) is 1.49. The molecule has 5 nitrogen and oxygen atoms in total. The Balaban J connectivity index is 2.41. The zero-order chi connectivity index (χ0) is 15.6. The number of hydrogen-bond acceptors (Lipinski definition) is 5. The highest BCUT2D eigenvalue weighted by molar-refractivity contribution is 6.33. The number of hydrogen-bond donors (Lipinski definition) is 2. The van der Waals surface area contributed by atoms with Crippen molar-refractivity contribution < 1.29 is 13.2 Å². The molecule has 21 heavy (non-hydrogen) atoms. The zero-order valence-corrected chi connectivity index (χ0v) is 11.0. The fraction of sp³-hybridized carbons (Fsp3) is 0.0833. The van der Waals surface area contributed by atoms with Crippen LogP contribution in [0.5, 0.6) is 0 Å². The average molecular weight is 314 g/mol. The summed E-state index contributed by atoms with van der Waals surface area (Å²) in [5.41, 5.74) is 5.86. The van der Waals surface area contributed by atoms with E-state index >= 15 is 0 Å². The highest BCUT2D eigenvalue weighted by Crippen LogP contribution is 2.30. The van der Waals surface area contributed by atoms with E-state index in [0.29, 0.717) is 5.56 Å². The van der Waals surface area contributed by atoms with Crippen molar-refractivity contribution in [2.45, 2.75) is 6.18 Å². The molecule has 0 radical (unpaired) electrons. The highest BCUT2D eigenvalue weighted by atomic mass is 35.5. The summed E-state index contributed by atoms with van der Waals surface area (Å²) in [6, 6.07) is 7.32. The second-order valence-corrected chi connectivity index (χ2v) is 4.34. The summed E-state index contributed by atoms with van der Waals surface area (Å²) in [5.74, 6) is -1.88. The Morgan fingerprint density at radius 1 is 1.24 bits per heavy atom. The number of nitrogens with two attached hydrogens (primary N) is 1. The van der Waals surface area contributed by atoms with Gasteiger partial charge in [0.1, 0.15) is 11.6 Å². The first-order valence-electron chi connectivity index (χ1n) is 5.48. The number of aromatic nitrogens is 2. The first-order valence-corrected chi connectivity index (χ1v) is 5.86. The van der Waals surface area contributed by atoms with E-state index in [1.807, 2.05) is 6.07 Å². The molecule has 0 spiro atoms. The number of halogens is 4. The van der Waals surface area contributed by atoms with Crippen LogP contribution in [0.3, 0.4) is 0 Å². The molecule has 3 N–H and O–H groups in total. The van der Waals surface area contributed by atoms with Crippen LogP contribution >= 0.6 is 11.6 Å². The molecule has 0 aliphatic rings. The summed E-state index contributed by atoms with van der Waals surface area (Å²) in [7, 11) is 0. The van der Waals surface area contributed by atoms with Crippen LogP contribution in [0.1, 0.15) is 11.4 Å². The summed E-state index contributed by atoms with van der Waals surface area (Å²) >= 11 is 5.90. The molecule has 0 atom stereocenters. The van der Waals surface area contributed by atoms with Gasteiger partial charge in [0, 0.05) is 6.07 Å². The molecule has 2 aromatic rings. The highest BCUT2D eigenvalue weighted by Gasteiger charge is 2.35. The fourth-order valence-corrected chi connectivity index (χ4v) is 1.65. The minimum Gasteiger partial charge on any atom is -0.384 e. The van der Waals surface area contributed by atoms with Gasteiger partial charge in [-0.1, -0.05) is 11.6 Å². The van der Waals surface area contributed by atoms with Crippen LogP contribution in [0.2, 0.25) is 5.02 Å². The molecule has 9 heteroatoms. The average Bonchev–Trinajstić information content (AvgIpc) is 2.39. The van der Waals surface area contributed by atoms with Crippen molar-refractivity contribution in [1.29, 1.82) is 5.26 Å². The number of alkyl halides is 3. The summed E-state index contributed by atoms with van der Waals surface area (Å²) in [5, 5.41) is 11.6. The van der Waals surface area contributed by atoms with E-state index in [9.17, 15) is 13.2 Å². The smallest absolute Gasteiger partial charge is 0.384 e. The van der Waals surface area contributed by atoms with Crippen molar-refractivity contribution >= 4 is 28.9 Å². The van der Waals surface area contributed by atoms with E-state index in [0.717, 1.165) is 6.07 Å². The lowest BCUT2D eigenvalue weighted by molar-refractivity contribution is -0.144. The monoisotopic (exact) mass is 313 g/mol. The van der Waals surface area contributed by atoms with Crippen molar-refractivity contribution in [3.8, 4) is 6.07 Å². The third kappa shape index (κ3) is 3.52. The minimum absolute atomic E-state index is 0.174. The van der Waals surface area contributed by atoms with Crippen LogP contribution < -0.4 is 11.1 Å². The number of benzene rings is 1. The van der Waals surface area contributed by atoms with Gasteiger partial charge in [0.05, 0.1) is 22.3 Å². The van der Waals surface area contributed by atoms with E-state index in [4.69, 9.17) is 22.6 Å². The first kappa shape index (κ1) is 14.9. The van der Waals surface area contributed by atoms with Crippen LogP contribution in [-0.2, 0) is 6.18 Å². The SMILES string of the molecule is N#Cc1ccc(Cl)c(Nc2cc(N)nc(C(F)(F)F)n2)c1. The lowest BCUT2D eigenvalue weighted by Crippen LogP contribution is -2.13. The predicted octanol–water partition coefficient (Wildman–Crippen LogP) is 3.35. The van der Waals surface area contributed by atoms with E-state index < -0.39 is 12.0 Å². The van der Waals surface area contributed by atoms with E-state index in [1.165, 1.54) is 18.2 Å². The molecule has 108 valence electrons. The molecule has 2 rings (SSSR count).